The highest BCUT2D eigenvalue weighted by Crippen LogP contribution is 2.30. The number of carboxylic acid groups (broad SMARTS) is 1. The molecule has 0 bridgehead atoms. The third-order valence-electron chi connectivity index (χ3n) is 4.25. The Balaban J connectivity index is 0.000000383. The van der Waals surface area contributed by atoms with Gasteiger partial charge in [0.25, 0.3) is 11.8 Å². The first kappa shape index (κ1) is 24.5. The fourth-order valence-corrected chi connectivity index (χ4v) is 3.57. The number of halogens is 3. The lowest BCUT2D eigenvalue weighted by Gasteiger charge is -2.25. The molecule has 178 valence electrons. The van der Waals surface area contributed by atoms with Crippen molar-refractivity contribution in [2.24, 2.45) is 0 Å². The summed E-state index contributed by atoms with van der Waals surface area (Å²) >= 11 is 1.56. The fraction of sp³-hybridized carbons (Fsp3) is 0.400. The third-order valence-corrected chi connectivity index (χ3v) is 5.15. The highest BCUT2D eigenvalue weighted by Gasteiger charge is 2.38. The van der Waals surface area contributed by atoms with Gasteiger partial charge in [0.2, 0.25) is 0 Å². The van der Waals surface area contributed by atoms with Gasteiger partial charge in [-0.1, -0.05) is 0 Å². The van der Waals surface area contributed by atoms with E-state index in [4.69, 9.17) is 19.2 Å². The number of thiazole rings is 1. The van der Waals surface area contributed by atoms with E-state index in [9.17, 15) is 13.2 Å². The van der Waals surface area contributed by atoms with Gasteiger partial charge < -0.3 is 24.6 Å². The van der Waals surface area contributed by atoms with Crippen LogP contribution in [0.5, 0.6) is 5.75 Å². The highest BCUT2D eigenvalue weighted by molar-refractivity contribution is 7.13. The van der Waals surface area contributed by atoms with Gasteiger partial charge in [0, 0.05) is 37.1 Å². The predicted molar refractivity (Wildman–Crippen MR) is 115 cm³/mol. The number of hydrogen-bond donors (Lipinski definition) is 2. The average molecular weight is 485 g/mol. The van der Waals surface area contributed by atoms with E-state index in [1.165, 1.54) is 0 Å². The molecule has 2 aromatic heterocycles. The van der Waals surface area contributed by atoms with Crippen molar-refractivity contribution in [3.8, 4) is 27.9 Å². The predicted octanol–water partition coefficient (Wildman–Crippen LogP) is 3.69. The van der Waals surface area contributed by atoms with Crippen LogP contribution in [0.1, 0.15) is 13.8 Å². The lowest BCUT2D eigenvalue weighted by Crippen LogP contribution is -2.44. The molecule has 1 aromatic carbocycles. The van der Waals surface area contributed by atoms with Gasteiger partial charge in [-0.2, -0.15) is 18.2 Å². The quantitative estimate of drug-likeness (QED) is 0.558. The molecule has 0 unspecified atom stereocenters. The number of rotatable bonds is 5. The topological polar surface area (TPSA) is 114 Å². The molecule has 0 spiro atoms. The minimum absolute atomic E-state index is 0.162. The van der Waals surface area contributed by atoms with Crippen LogP contribution >= 0.6 is 11.3 Å². The zero-order chi connectivity index (χ0) is 24.0. The summed E-state index contributed by atoms with van der Waals surface area (Å²) in [4.78, 5) is 20.2. The van der Waals surface area contributed by atoms with Crippen molar-refractivity contribution in [1.82, 2.24) is 20.4 Å². The molecule has 1 aliphatic rings. The molecule has 0 amide bonds. The second-order valence-corrected chi connectivity index (χ2v) is 8.03. The molecule has 1 fully saturated rings. The maximum absolute atomic E-state index is 10.6. The maximum Gasteiger partial charge on any atom is 0.490 e. The van der Waals surface area contributed by atoms with E-state index in [-0.39, 0.29) is 6.10 Å². The molecule has 3 aromatic rings. The Labute approximate surface area is 191 Å². The van der Waals surface area contributed by atoms with E-state index in [0.29, 0.717) is 17.5 Å². The molecule has 9 nitrogen and oxygen atoms in total. The Bertz CT molecular complexity index is 1050. The summed E-state index contributed by atoms with van der Waals surface area (Å²) in [6.07, 6.45) is -4.92. The molecule has 0 radical (unpaired) electrons. The molecular weight excluding hydrogens is 463 g/mol. The molecule has 4 rings (SSSR count). The van der Waals surface area contributed by atoms with Gasteiger partial charge in [-0.3, -0.25) is 0 Å². The number of piperazine rings is 1. The lowest BCUT2D eigenvalue weighted by atomic mass is 10.2. The highest BCUT2D eigenvalue weighted by atomic mass is 32.1. The lowest BCUT2D eigenvalue weighted by molar-refractivity contribution is -0.192. The van der Waals surface area contributed by atoms with Crippen LogP contribution in [-0.2, 0) is 4.79 Å². The SMILES string of the molecule is CC(C)Oc1ccc(-c2nc(-c3nc(N4CCNCC4)no3)cs2)cc1.O=C(O)C(F)(F)F. The molecule has 1 saturated heterocycles. The number of nitrogens with one attached hydrogen (secondary N) is 1. The van der Waals surface area contributed by atoms with Crippen LogP contribution in [0.25, 0.3) is 22.2 Å². The maximum atomic E-state index is 10.6. The molecule has 0 saturated carbocycles. The Kier molecular flexibility index (Phi) is 7.87. The van der Waals surface area contributed by atoms with Gasteiger partial charge in [-0.05, 0) is 43.3 Å². The van der Waals surface area contributed by atoms with E-state index in [1.807, 2.05) is 43.5 Å². The van der Waals surface area contributed by atoms with Gasteiger partial charge >= 0.3 is 12.1 Å². The molecule has 13 heteroatoms. The van der Waals surface area contributed by atoms with Crippen LogP contribution in [0.4, 0.5) is 19.1 Å². The van der Waals surface area contributed by atoms with E-state index < -0.39 is 12.1 Å². The van der Waals surface area contributed by atoms with Crippen LogP contribution in [0.2, 0.25) is 0 Å². The number of anilines is 1. The van der Waals surface area contributed by atoms with Crippen molar-refractivity contribution >= 4 is 23.3 Å². The number of ether oxygens (including phenoxy) is 1. The Morgan fingerprint density at radius 3 is 2.42 bits per heavy atom. The number of benzene rings is 1. The van der Waals surface area contributed by atoms with Gasteiger partial charge in [-0.25, -0.2) is 9.78 Å². The minimum Gasteiger partial charge on any atom is -0.491 e. The summed E-state index contributed by atoms with van der Waals surface area (Å²) < 4.78 is 42.8. The number of hydrogen-bond acceptors (Lipinski definition) is 9. The third kappa shape index (κ3) is 6.89. The van der Waals surface area contributed by atoms with Crippen molar-refractivity contribution in [3.63, 3.8) is 0 Å². The van der Waals surface area contributed by atoms with E-state index in [1.54, 1.807) is 11.3 Å². The van der Waals surface area contributed by atoms with Crippen LogP contribution < -0.4 is 15.0 Å². The summed E-state index contributed by atoms with van der Waals surface area (Å²) in [5.41, 5.74) is 1.75. The number of alkyl halides is 3. The van der Waals surface area contributed by atoms with Gasteiger partial charge in [0.05, 0.1) is 6.10 Å². The number of carboxylic acids is 1. The van der Waals surface area contributed by atoms with Crippen molar-refractivity contribution in [2.75, 3.05) is 31.1 Å². The van der Waals surface area contributed by atoms with Gasteiger partial charge in [0.15, 0.2) is 0 Å². The number of nitrogens with zero attached hydrogens (tertiary/aromatic N) is 4. The van der Waals surface area contributed by atoms with Gasteiger partial charge in [-0.15, -0.1) is 11.3 Å². The zero-order valence-electron chi connectivity index (χ0n) is 17.8. The minimum atomic E-state index is -5.08. The summed E-state index contributed by atoms with van der Waals surface area (Å²) in [7, 11) is 0. The molecular formula is C20H22F3N5O4S. The van der Waals surface area contributed by atoms with E-state index >= 15 is 0 Å². The Morgan fingerprint density at radius 2 is 1.85 bits per heavy atom. The number of aromatic nitrogens is 3. The summed E-state index contributed by atoms with van der Waals surface area (Å²) in [5, 5.41) is 17.4. The van der Waals surface area contributed by atoms with E-state index in [2.05, 4.69) is 25.3 Å². The second-order valence-electron chi connectivity index (χ2n) is 7.17. The van der Waals surface area contributed by atoms with Crippen LogP contribution in [0, 0.1) is 0 Å². The van der Waals surface area contributed by atoms with Crippen LogP contribution in [0.3, 0.4) is 0 Å². The summed E-state index contributed by atoms with van der Waals surface area (Å²) in [6.45, 7) is 7.65. The Morgan fingerprint density at radius 1 is 1.21 bits per heavy atom. The number of carbonyl (C=O) groups is 1. The first-order valence-corrected chi connectivity index (χ1v) is 10.8. The smallest absolute Gasteiger partial charge is 0.490 e. The molecule has 0 aliphatic carbocycles. The molecule has 33 heavy (non-hydrogen) atoms. The van der Waals surface area contributed by atoms with Crippen LogP contribution in [-0.4, -0.2) is 64.7 Å². The van der Waals surface area contributed by atoms with Crippen molar-refractivity contribution in [1.29, 1.82) is 0 Å². The van der Waals surface area contributed by atoms with E-state index in [0.717, 1.165) is 42.5 Å². The zero-order valence-corrected chi connectivity index (χ0v) is 18.6. The molecule has 2 N–H and O–H groups in total. The Hall–Kier alpha value is -3.19. The molecule has 0 atom stereocenters. The average Bonchev–Trinajstić information content (AvgIpc) is 3.44. The first-order valence-electron chi connectivity index (χ1n) is 9.96. The largest absolute Gasteiger partial charge is 0.491 e. The fourth-order valence-electron chi connectivity index (χ4n) is 2.77. The normalized spacial score (nSPS) is 14.1. The van der Waals surface area contributed by atoms with Crippen molar-refractivity contribution < 1.29 is 32.3 Å². The first-order chi connectivity index (χ1) is 15.6. The number of aliphatic carboxylic acids is 1. The molecule has 3 heterocycles. The molecule has 1 aliphatic heterocycles. The summed E-state index contributed by atoms with van der Waals surface area (Å²) in [5.74, 6) is -0.808. The monoisotopic (exact) mass is 485 g/mol. The van der Waals surface area contributed by atoms with Crippen molar-refractivity contribution in [2.45, 2.75) is 26.1 Å². The van der Waals surface area contributed by atoms with Gasteiger partial charge in [0.1, 0.15) is 16.5 Å². The van der Waals surface area contributed by atoms with Crippen molar-refractivity contribution in [3.05, 3.63) is 29.6 Å². The summed E-state index contributed by atoms with van der Waals surface area (Å²) in [6, 6.07) is 7.96. The second kappa shape index (κ2) is 10.6. The van der Waals surface area contributed by atoms with Crippen LogP contribution in [0.15, 0.2) is 34.2 Å². The standard InChI is InChI=1S/C18H21N5O2S.C2HF3O2/c1-12(2)24-14-5-3-13(4-6-14)17-20-15(11-26-17)16-21-18(22-25-16)23-9-7-19-8-10-23;3-2(4,5)1(6)7/h3-6,11-12,19H,7-10H2,1-2H3;(H,6,7).